The number of carbonyl (C=O) groups is 1. The number of halogens is 2. The number of hydrogen-bond donors (Lipinski definition) is 3. The number of fused-ring (bicyclic) bond motifs is 1. The Kier molecular flexibility index (Phi) is 9.50. The topological polar surface area (TPSA) is 88.2 Å². The smallest absolute Gasteiger partial charge is 0.270 e. The van der Waals surface area contributed by atoms with Crippen LogP contribution < -0.4 is 16.0 Å². The predicted molar refractivity (Wildman–Crippen MR) is 127 cm³/mol. The summed E-state index contributed by atoms with van der Waals surface area (Å²) in [6, 6.07) is 10.3. The molecule has 4 rings (SSSR count). The van der Waals surface area contributed by atoms with Gasteiger partial charge in [-0.15, -0.1) is 24.8 Å². The van der Waals surface area contributed by atoms with Gasteiger partial charge in [0.15, 0.2) is 0 Å². The summed E-state index contributed by atoms with van der Waals surface area (Å²) in [5.41, 5.74) is 2.45. The summed E-state index contributed by atoms with van der Waals surface area (Å²) in [5, 5.41) is 9.79. The minimum Gasteiger partial charge on any atom is -0.376 e. The largest absolute Gasteiger partial charge is 0.376 e. The van der Waals surface area contributed by atoms with E-state index >= 15 is 0 Å². The van der Waals surface area contributed by atoms with E-state index in [1.807, 2.05) is 18.2 Å². The predicted octanol–water partition coefficient (Wildman–Crippen LogP) is 2.57. The first-order valence-corrected chi connectivity index (χ1v) is 10.4. The van der Waals surface area contributed by atoms with E-state index in [1.54, 1.807) is 7.11 Å². The van der Waals surface area contributed by atoms with Crippen molar-refractivity contribution in [3.8, 4) is 0 Å². The first-order chi connectivity index (χ1) is 14.2. The number of rotatable bonds is 7. The maximum atomic E-state index is 12.4. The van der Waals surface area contributed by atoms with Gasteiger partial charge in [-0.05, 0) is 44.3 Å². The number of amides is 1. The number of benzene rings is 1. The second-order valence-electron chi connectivity index (χ2n) is 7.80. The first-order valence-electron chi connectivity index (χ1n) is 10.4. The second kappa shape index (κ2) is 11.6. The summed E-state index contributed by atoms with van der Waals surface area (Å²) in [5.74, 6) is 1.37. The molecule has 1 fully saturated rings. The van der Waals surface area contributed by atoms with E-state index in [9.17, 15) is 4.79 Å². The Labute approximate surface area is 196 Å². The molecule has 0 saturated carbocycles. The average molecular weight is 468 g/mol. The number of nitrogens with zero attached hydrogens (tertiary/aromatic N) is 2. The Balaban J connectivity index is 0.00000171. The molecule has 170 valence electrons. The standard InChI is InChI=1S/C22H29N5O2.2ClH/c1-29-22(10-13-23-14-11-22)15-25-20-17-9-12-24-21(28)19(17)26-18(27-20)8-7-16-5-3-2-4-6-16;;/h2-6,23H,7-15H2,1H3,(H,24,28)(H,25,26,27);2*1H. The number of anilines is 1. The third kappa shape index (κ3) is 6.07. The lowest BCUT2D eigenvalue weighted by molar-refractivity contribution is -0.0227. The number of piperidine rings is 1. The monoisotopic (exact) mass is 467 g/mol. The Morgan fingerprint density at radius 3 is 2.52 bits per heavy atom. The zero-order chi connectivity index (χ0) is 20.1. The van der Waals surface area contributed by atoms with Crippen molar-refractivity contribution in [1.29, 1.82) is 0 Å². The van der Waals surface area contributed by atoms with E-state index in [1.165, 1.54) is 5.56 Å². The maximum Gasteiger partial charge on any atom is 0.270 e. The molecule has 3 heterocycles. The van der Waals surface area contributed by atoms with E-state index in [-0.39, 0.29) is 36.3 Å². The summed E-state index contributed by atoms with van der Waals surface area (Å²) >= 11 is 0. The van der Waals surface area contributed by atoms with Gasteiger partial charge in [-0.2, -0.15) is 0 Å². The minimum absolute atomic E-state index is 0. The fraction of sp³-hybridized carbons (Fsp3) is 0.500. The molecule has 1 aromatic carbocycles. The molecule has 2 aromatic rings. The average Bonchev–Trinajstić information content (AvgIpc) is 2.78. The fourth-order valence-corrected chi connectivity index (χ4v) is 4.08. The Hall–Kier alpha value is -1.93. The van der Waals surface area contributed by atoms with Gasteiger partial charge in [-0.25, -0.2) is 9.97 Å². The van der Waals surface area contributed by atoms with Crippen LogP contribution in [0.4, 0.5) is 5.82 Å². The van der Waals surface area contributed by atoms with E-state index in [0.717, 1.165) is 50.2 Å². The lowest BCUT2D eigenvalue weighted by Crippen LogP contribution is -2.48. The highest BCUT2D eigenvalue weighted by atomic mass is 35.5. The van der Waals surface area contributed by atoms with Gasteiger partial charge in [-0.1, -0.05) is 30.3 Å². The van der Waals surface area contributed by atoms with Crippen molar-refractivity contribution >= 4 is 36.5 Å². The van der Waals surface area contributed by atoms with Crippen molar-refractivity contribution in [2.75, 3.05) is 38.6 Å². The van der Waals surface area contributed by atoms with Crippen molar-refractivity contribution in [3.63, 3.8) is 0 Å². The van der Waals surface area contributed by atoms with Gasteiger partial charge >= 0.3 is 0 Å². The molecule has 0 spiro atoms. The number of methoxy groups -OCH3 is 1. The van der Waals surface area contributed by atoms with E-state index < -0.39 is 0 Å². The molecule has 31 heavy (non-hydrogen) atoms. The summed E-state index contributed by atoms with van der Waals surface area (Å²) < 4.78 is 5.88. The van der Waals surface area contributed by atoms with Crippen LogP contribution in [-0.2, 0) is 24.0 Å². The lowest BCUT2D eigenvalue weighted by Gasteiger charge is -2.37. The van der Waals surface area contributed by atoms with Crippen LogP contribution in [0.25, 0.3) is 0 Å². The molecule has 0 bridgehead atoms. The Morgan fingerprint density at radius 2 is 1.81 bits per heavy atom. The molecule has 9 heteroatoms. The van der Waals surface area contributed by atoms with Gasteiger partial charge in [-0.3, -0.25) is 4.79 Å². The molecule has 0 atom stereocenters. The number of aryl methyl sites for hydroxylation is 2. The van der Waals surface area contributed by atoms with Crippen LogP contribution in [0.1, 0.15) is 40.3 Å². The van der Waals surface area contributed by atoms with Crippen LogP contribution >= 0.6 is 24.8 Å². The van der Waals surface area contributed by atoms with Crippen LogP contribution in [0.15, 0.2) is 30.3 Å². The third-order valence-corrected chi connectivity index (χ3v) is 5.93. The number of carbonyl (C=O) groups excluding carboxylic acids is 1. The number of aromatic nitrogens is 2. The second-order valence-corrected chi connectivity index (χ2v) is 7.80. The van der Waals surface area contributed by atoms with Crippen LogP contribution in [0.5, 0.6) is 0 Å². The van der Waals surface area contributed by atoms with Crippen molar-refractivity contribution < 1.29 is 9.53 Å². The molecule has 1 saturated heterocycles. The molecule has 3 N–H and O–H groups in total. The molecule has 1 aromatic heterocycles. The number of hydrogen-bond acceptors (Lipinski definition) is 6. The molecule has 2 aliphatic rings. The normalized spacial score (nSPS) is 16.9. The van der Waals surface area contributed by atoms with Crippen LogP contribution in [-0.4, -0.2) is 54.8 Å². The first kappa shape index (κ1) is 25.3. The summed E-state index contributed by atoms with van der Waals surface area (Å²) in [6.45, 7) is 3.19. The molecule has 1 amide bonds. The molecule has 2 aliphatic heterocycles. The van der Waals surface area contributed by atoms with Gasteiger partial charge in [0.25, 0.3) is 5.91 Å². The van der Waals surface area contributed by atoms with Gasteiger partial charge in [0.05, 0.1) is 5.60 Å². The minimum atomic E-state index is -0.204. The van der Waals surface area contributed by atoms with Gasteiger partial charge in [0.1, 0.15) is 17.3 Å². The van der Waals surface area contributed by atoms with Crippen molar-refractivity contribution in [2.24, 2.45) is 0 Å². The third-order valence-electron chi connectivity index (χ3n) is 5.93. The van der Waals surface area contributed by atoms with Gasteiger partial charge in [0.2, 0.25) is 0 Å². The maximum absolute atomic E-state index is 12.4. The highest BCUT2D eigenvalue weighted by Gasteiger charge is 2.32. The highest BCUT2D eigenvalue weighted by Crippen LogP contribution is 2.26. The molecular weight excluding hydrogens is 437 g/mol. The zero-order valence-electron chi connectivity index (χ0n) is 17.8. The van der Waals surface area contributed by atoms with Gasteiger partial charge in [0, 0.05) is 32.2 Å². The van der Waals surface area contributed by atoms with E-state index in [0.29, 0.717) is 31.0 Å². The molecule has 0 aliphatic carbocycles. The highest BCUT2D eigenvalue weighted by molar-refractivity contribution is 5.96. The van der Waals surface area contributed by atoms with Crippen LogP contribution in [0.2, 0.25) is 0 Å². The SMILES string of the molecule is COC1(CNc2nc(CCc3ccccc3)nc3c2CCNC3=O)CCNCC1.Cl.Cl. The number of ether oxygens (including phenoxy) is 1. The molecule has 0 radical (unpaired) electrons. The summed E-state index contributed by atoms with van der Waals surface area (Å²) in [6.07, 6.45) is 4.17. The van der Waals surface area contributed by atoms with Gasteiger partial charge < -0.3 is 20.7 Å². The Morgan fingerprint density at radius 1 is 1.06 bits per heavy atom. The Bertz CT molecular complexity index is 860. The fourth-order valence-electron chi connectivity index (χ4n) is 4.08. The van der Waals surface area contributed by atoms with Crippen molar-refractivity contribution in [1.82, 2.24) is 20.6 Å². The molecule has 0 unspecified atom stereocenters. The van der Waals surface area contributed by atoms with Crippen molar-refractivity contribution in [2.45, 2.75) is 37.7 Å². The summed E-state index contributed by atoms with van der Waals surface area (Å²) in [4.78, 5) is 21.8. The van der Waals surface area contributed by atoms with Crippen molar-refractivity contribution in [3.05, 3.63) is 53.0 Å². The van der Waals surface area contributed by atoms with Crippen LogP contribution in [0, 0.1) is 0 Å². The quantitative estimate of drug-likeness (QED) is 0.579. The lowest BCUT2D eigenvalue weighted by atomic mass is 9.92. The van der Waals surface area contributed by atoms with Crippen LogP contribution in [0.3, 0.4) is 0 Å². The molecular formula is C22H31Cl2N5O2. The van der Waals surface area contributed by atoms with E-state index in [2.05, 4.69) is 33.1 Å². The molecule has 7 nitrogen and oxygen atoms in total. The zero-order valence-corrected chi connectivity index (χ0v) is 19.4. The van der Waals surface area contributed by atoms with E-state index in [4.69, 9.17) is 9.72 Å². The summed E-state index contributed by atoms with van der Waals surface area (Å²) in [7, 11) is 1.78. The number of nitrogens with one attached hydrogen (secondary N) is 3.